The maximum absolute atomic E-state index is 15.5. The van der Waals surface area contributed by atoms with Crippen molar-refractivity contribution in [3.63, 3.8) is 0 Å². The van der Waals surface area contributed by atoms with Gasteiger partial charge in [-0.15, -0.1) is 6.42 Å². The highest BCUT2D eigenvalue weighted by molar-refractivity contribution is 6.05. The lowest BCUT2D eigenvalue weighted by Crippen LogP contribution is -1.99. The predicted octanol–water partition coefficient (Wildman–Crippen LogP) is 5.03. The summed E-state index contributed by atoms with van der Waals surface area (Å²) >= 11 is 0. The molecule has 4 aromatic heterocycles. The number of aryl methyl sites for hydroxylation is 3. The van der Waals surface area contributed by atoms with Gasteiger partial charge in [0.15, 0.2) is 11.6 Å². The van der Waals surface area contributed by atoms with Gasteiger partial charge in [-0.25, -0.2) is 29.3 Å². The van der Waals surface area contributed by atoms with Gasteiger partial charge >= 0.3 is 6.01 Å². The number of hydrogen-bond donors (Lipinski definition) is 0. The Balaban J connectivity index is 1.67. The van der Waals surface area contributed by atoms with Gasteiger partial charge in [0.05, 0.1) is 24.1 Å². The number of benzene rings is 1. The van der Waals surface area contributed by atoms with Crippen LogP contribution < -0.4 is 9.47 Å². The van der Waals surface area contributed by atoms with E-state index in [1.165, 1.54) is 37.8 Å². The van der Waals surface area contributed by atoms with E-state index in [-0.39, 0.29) is 17.5 Å². The molecule has 4 heterocycles. The Morgan fingerprint density at radius 2 is 1.97 bits per heavy atom. The highest BCUT2D eigenvalue weighted by atomic mass is 19.1. The third kappa shape index (κ3) is 3.88. The zero-order valence-electron chi connectivity index (χ0n) is 22.6. The van der Waals surface area contributed by atoms with E-state index < -0.39 is 12.7 Å². The molecule has 1 aromatic carbocycles. The Bertz CT molecular complexity index is 1780. The van der Waals surface area contributed by atoms with E-state index >= 15 is 4.39 Å². The summed E-state index contributed by atoms with van der Waals surface area (Å²) in [7, 11) is 3.37. The minimum atomic E-state index is -2.46. The zero-order valence-corrected chi connectivity index (χ0v) is 19.6. The fraction of sp³-hybridized carbons (Fsp3) is 0.148. The highest BCUT2D eigenvalue weighted by Crippen LogP contribution is 2.44. The van der Waals surface area contributed by atoms with E-state index in [4.69, 9.17) is 20.0 Å². The molecule has 178 valence electrons. The number of halogens is 1. The van der Waals surface area contributed by atoms with Gasteiger partial charge < -0.3 is 14.0 Å². The maximum atomic E-state index is 15.5. The van der Waals surface area contributed by atoms with Crippen LogP contribution in [-0.4, -0.2) is 36.6 Å². The molecule has 8 nitrogen and oxygen atoms in total. The summed E-state index contributed by atoms with van der Waals surface area (Å²) in [6, 6.07) is 7.03. The first kappa shape index (κ1) is 19.5. The molecule has 5 rings (SSSR count). The first-order valence-electron chi connectivity index (χ1n) is 12.2. The van der Waals surface area contributed by atoms with Gasteiger partial charge in [-0.1, -0.05) is 12.0 Å². The molecule has 0 spiro atoms. The van der Waals surface area contributed by atoms with Gasteiger partial charge in [0.1, 0.15) is 23.4 Å². The number of hydrogen-bond acceptors (Lipinski definition) is 7. The van der Waals surface area contributed by atoms with Crippen LogP contribution in [0.5, 0.6) is 17.5 Å². The Morgan fingerprint density at radius 1 is 1.11 bits per heavy atom. The minimum Gasteiger partial charge on any atom is -0.496 e. The van der Waals surface area contributed by atoms with Crippen LogP contribution in [0.1, 0.15) is 21.2 Å². The summed E-state index contributed by atoms with van der Waals surface area (Å²) in [4.78, 5) is 21.0. The summed E-state index contributed by atoms with van der Waals surface area (Å²) in [5.74, 6) is 2.11. The smallest absolute Gasteiger partial charge is 0.322 e. The first-order chi connectivity index (χ1) is 18.6. The van der Waals surface area contributed by atoms with E-state index in [0.29, 0.717) is 45.2 Å². The van der Waals surface area contributed by atoms with E-state index in [1.807, 2.05) is 18.5 Å². The van der Waals surface area contributed by atoms with Gasteiger partial charge in [0, 0.05) is 46.3 Å². The van der Waals surface area contributed by atoms with Crippen LogP contribution in [0.15, 0.2) is 49.1 Å². The Hall–Kier alpha value is -4.84. The third-order valence-electron chi connectivity index (χ3n) is 5.70. The van der Waals surface area contributed by atoms with Gasteiger partial charge in [-0.3, -0.25) is 0 Å². The van der Waals surface area contributed by atoms with Crippen LogP contribution in [0, 0.1) is 31.9 Å². The molecule has 0 saturated carbocycles. The number of ether oxygens (including phenoxy) is 2. The lowest BCUT2D eigenvalue weighted by Gasteiger charge is -2.13. The van der Waals surface area contributed by atoms with Crippen molar-refractivity contribution in [3.8, 4) is 52.2 Å². The largest absolute Gasteiger partial charge is 0.496 e. The number of aromatic nitrogens is 6. The Kier molecular flexibility index (Phi) is 4.91. The minimum absolute atomic E-state index is 0.172. The normalized spacial score (nSPS) is 12.5. The van der Waals surface area contributed by atoms with E-state index in [9.17, 15) is 0 Å². The SMILES string of the molecule is [2H]C([2H])([2H])c1ccnc(Oc2ccc(-c3c(-c4cnc(C#C)cc4OC)n(C)c4ncnc(C)c34)cc2F)n1. The third-order valence-corrected chi connectivity index (χ3v) is 5.70. The number of fused-ring (bicyclic) bond motifs is 1. The summed E-state index contributed by atoms with van der Waals surface area (Å²) in [6.07, 6.45) is 9.85. The second-order valence-corrected chi connectivity index (χ2v) is 7.83. The topological polar surface area (TPSA) is 87.8 Å². The predicted molar refractivity (Wildman–Crippen MR) is 133 cm³/mol. The molecule has 0 atom stereocenters. The standard InChI is InChI=1S/C27H21FN6O2/c1-6-18-12-22(35-5)19(13-30-18)25-24(23-16(3)31-14-32-26(23)34(25)4)17-7-8-21(20(28)11-17)36-27-29-10-9-15(2)33-27/h1,7-14H,2-5H3/i2D3. The number of terminal acetylenes is 1. The molecule has 0 amide bonds. The van der Waals surface area contributed by atoms with Gasteiger partial charge in [-0.05, 0) is 37.5 Å². The van der Waals surface area contributed by atoms with Crippen LogP contribution in [0.3, 0.4) is 0 Å². The van der Waals surface area contributed by atoms with Crippen molar-refractivity contribution in [2.75, 3.05) is 7.11 Å². The van der Waals surface area contributed by atoms with E-state index in [0.717, 1.165) is 5.39 Å². The fourth-order valence-corrected chi connectivity index (χ4v) is 4.09. The molecule has 0 N–H and O–H groups in total. The summed E-state index contributed by atoms with van der Waals surface area (Å²) in [6.45, 7) is -0.611. The number of rotatable bonds is 5. The van der Waals surface area contributed by atoms with Crippen LogP contribution in [0.4, 0.5) is 4.39 Å². The van der Waals surface area contributed by atoms with Gasteiger partial charge in [0.2, 0.25) is 0 Å². The van der Waals surface area contributed by atoms with Gasteiger partial charge in [0.25, 0.3) is 0 Å². The Morgan fingerprint density at radius 3 is 2.72 bits per heavy atom. The second-order valence-electron chi connectivity index (χ2n) is 7.83. The average molecular weight is 484 g/mol. The first-order valence-corrected chi connectivity index (χ1v) is 10.7. The van der Waals surface area contributed by atoms with Crippen LogP contribution in [0.2, 0.25) is 0 Å². The van der Waals surface area contributed by atoms with Crippen molar-refractivity contribution in [3.05, 3.63) is 72.0 Å². The zero-order chi connectivity index (χ0) is 27.9. The van der Waals surface area contributed by atoms with Crippen molar-refractivity contribution in [1.82, 2.24) is 29.5 Å². The molecule has 0 radical (unpaired) electrons. The van der Waals surface area contributed by atoms with Crippen molar-refractivity contribution in [2.45, 2.75) is 13.8 Å². The Labute approximate surface area is 211 Å². The van der Waals surface area contributed by atoms with Gasteiger partial charge in [-0.2, -0.15) is 0 Å². The summed E-state index contributed by atoms with van der Waals surface area (Å²) in [5.41, 5.74) is 3.99. The van der Waals surface area contributed by atoms with E-state index in [2.05, 4.69) is 30.8 Å². The van der Waals surface area contributed by atoms with Crippen molar-refractivity contribution in [1.29, 1.82) is 0 Å². The monoisotopic (exact) mass is 483 g/mol. The molecule has 9 heteroatoms. The molecule has 0 unspecified atom stereocenters. The van der Waals surface area contributed by atoms with E-state index in [1.54, 1.807) is 18.3 Å². The molecular formula is C27H21FN6O2. The number of nitrogens with zero attached hydrogens (tertiary/aromatic N) is 6. The molecule has 0 fully saturated rings. The van der Waals surface area contributed by atoms with Crippen molar-refractivity contribution >= 4 is 11.0 Å². The lowest BCUT2D eigenvalue weighted by atomic mass is 9.98. The molecule has 36 heavy (non-hydrogen) atoms. The lowest BCUT2D eigenvalue weighted by molar-refractivity contribution is 0.410. The van der Waals surface area contributed by atoms with Crippen LogP contribution >= 0.6 is 0 Å². The van der Waals surface area contributed by atoms with Crippen LogP contribution in [0.25, 0.3) is 33.4 Å². The second kappa shape index (κ2) is 9.07. The molecule has 0 bridgehead atoms. The molecule has 5 aromatic rings. The summed E-state index contributed by atoms with van der Waals surface area (Å²) in [5, 5.41) is 0.722. The quantitative estimate of drug-likeness (QED) is 0.324. The average Bonchev–Trinajstić information content (AvgIpc) is 3.22. The molecule has 0 aliphatic carbocycles. The molecule has 0 aliphatic heterocycles. The fourth-order valence-electron chi connectivity index (χ4n) is 4.09. The molecular weight excluding hydrogens is 459 g/mol. The highest BCUT2D eigenvalue weighted by Gasteiger charge is 2.25. The number of methoxy groups -OCH3 is 1. The molecule has 0 aliphatic rings. The van der Waals surface area contributed by atoms with Crippen molar-refractivity contribution < 1.29 is 18.0 Å². The molecule has 0 saturated heterocycles. The van der Waals surface area contributed by atoms with Crippen LogP contribution in [-0.2, 0) is 7.05 Å². The number of pyridine rings is 1. The van der Waals surface area contributed by atoms with Crippen molar-refractivity contribution in [2.24, 2.45) is 7.05 Å². The summed E-state index contributed by atoms with van der Waals surface area (Å²) < 4.78 is 51.0. The maximum Gasteiger partial charge on any atom is 0.322 e.